The molecule has 0 aromatic rings. The molecule has 0 amide bonds. The summed E-state index contributed by atoms with van der Waals surface area (Å²) in [6.45, 7) is 6.42. The molecule has 0 heterocycles. The summed E-state index contributed by atoms with van der Waals surface area (Å²) < 4.78 is 5.94. The summed E-state index contributed by atoms with van der Waals surface area (Å²) in [5, 5.41) is 0. The van der Waals surface area contributed by atoms with E-state index in [1.54, 1.807) is 0 Å². The number of esters is 1. The van der Waals surface area contributed by atoms with Gasteiger partial charge >= 0.3 is 5.97 Å². The van der Waals surface area contributed by atoms with Crippen LogP contribution >= 0.6 is 0 Å². The molecule has 0 spiro atoms. The lowest BCUT2D eigenvalue weighted by Gasteiger charge is -2.28. The molecule has 0 aliphatic heterocycles. The standard InChI is InChI=1S/C21H44NO2/c1-5-7-8-9-10-11-12-13-14-15-16-17-18-22(3,4)20-21(23)24-19-6-2/h5-20H2,1-4H3/q+1. The van der Waals surface area contributed by atoms with Gasteiger partial charge in [-0.2, -0.15) is 0 Å². The molecule has 0 bridgehead atoms. The van der Waals surface area contributed by atoms with Gasteiger partial charge in [0.15, 0.2) is 6.54 Å². The van der Waals surface area contributed by atoms with E-state index < -0.39 is 0 Å². The van der Waals surface area contributed by atoms with Gasteiger partial charge in [-0.05, 0) is 19.3 Å². The lowest BCUT2D eigenvalue weighted by molar-refractivity contribution is -0.883. The van der Waals surface area contributed by atoms with Gasteiger partial charge in [-0.25, -0.2) is 4.79 Å². The van der Waals surface area contributed by atoms with Crippen LogP contribution in [0.25, 0.3) is 0 Å². The van der Waals surface area contributed by atoms with Crippen LogP contribution in [0, 0.1) is 0 Å². The van der Waals surface area contributed by atoms with Crippen LogP contribution < -0.4 is 0 Å². The lowest BCUT2D eigenvalue weighted by atomic mass is 10.1. The van der Waals surface area contributed by atoms with Crippen LogP contribution in [0.5, 0.6) is 0 Å². The van der Waals surface area contributed by atoms with E-state index in [0.29, 0.717) is 13.2 Å². The van der Waals surface area contributed by atoms with Crippen molar-refractivity contribution in [2.75, 3.05) is 33.8 Å². The van der Waals surface area contributed by atoms with Crippen molar-refractivity contribution in [1.29, 1.82) is 0 Å². The number of hydrogen-bond donors (Lipinski definition) is 0. The van der Waals surface area contributed by atoms with E-state index >= 15 is 0 Å². The minimum absolute atomic E-state index is 0.0548. The number of hydrogen-bond acceptors (Lipinski definition) is 2. The molecular weight excluding hydrogens is 298 g/mol. The summed E-state index contributed by atoms with van der Waals surface area (Å²) in [6.07, 6.45) is 17.4. The zero-order chi connectivity index (χ0) is 18.1. The normalized spacial score (nSPS) is 11.7. The van der Waals surface area contributed by atoms with Gasteiger partial charge in [-0.1, -0.05) is 78.1 Å². The van der Waals surface area contributed by atoms with Crippen LogP contribution in [-0.4, -0.2) is 44.2 Å². The molecule has 0 saturated carbocycles. The Kier molecular flexibility index (Phi) is 15.6. The van der Waals surface area contributed by atoms with E-state index in [1.165, 1.54) is 77.0 Å². The van der Waals surface area contributed by atoms with Crippen LogP contribution in [0.2, 0.25) is 0 Å². The molecule has 0 fully saturated rings. The van der Waals surface area contributed by atoms with Crippen LogP contribution in [0.1, 0.15) is 97.3 Å². The third-order valence-electron chi connectivity index (χ3n) is 4.64. The lowest BCUT2D eigenvalue weighted by Crippen LogP contribution is -2.45. The van der Waals surface area contributed by atoms with Crippen molar-refractivity contribution in [2.45, 2.75) is 97.3 Å². The van der Waals surface area contributed by atoms with Crippen LogP contribution in [-0.2, 0) is 9.53 Å². The number of carbonyl (C=O) groups excluding carboxylic acids is 1. The van der Waals surface area contributed by atoms with Gasteiger partial charge in [-0.15, -0.1) is 0 Å². The molecule has 0 atom stereocenters. The minimum Gasteiger partial charge on any atom is -0.462 e. The van der Waals surface area contributed by atoms with Crippen LogP contribution in [0.3, 0.4) is 0 Å². The Morgan fingerprint density at radius 3 is 1.62 bits per heavy atom. The molecule has 0 aliphatic rings. The number of nitrogens with zero attached hydrogens (tertiary/aromatic N) is 1. The molecule has 0 unspecified atom stereocenters. The first kappa shape index (κ1) is 23.4. The topological polar surface area (TPSA) is 26.3 Å². The second-order valence-corrected chi connectivity index (χ2v) is 7.93. The number of ether oxygens (including phenoxy) is 1. The molecule has 0 radical (unpaired) electrons. The smallest absolute Gasteiger partial charge is 0.361 e. The maximum absolute atomic E-state index is 11.7. The monoisotopic (exact) mass is 342 g/mol. The van der Waals surface area contributed by atoms with E-state index in [0.717, 1.165) is 17.4 Å². The van der Waals surface area contributed by atoms with Gasteiger partial charge in [0.2, 0.25) is 0 Å². The average molecular weight is 343 g/mol. The van der Waals surface area contributed by atoms with Crippen molar-refractivity contribution < 1.29 is 14.0 Å². The van der Waals surface area contributed by atoms with Crippen molar-refractivity contribution in [3.8, 4) is 0 Å². The first-order chi connectivity index (χ1) is 11.5. The fourth-order valence-electron chi connectivity index (χ4n) is 3.07. The molecule has 0 aromatic heterocycles. The van der Waals surface area contributed by atoms with E-state index in [2.05, 4.69) is 21.0 Å². The molecule has 144 valence electrons. The van der Waals surface area contributed by atoms with Crippen molar-refractivity contribution in [2.24, 2.45) is 0 Å². The quantitative estimate of drug-likeness (QED) is 0.192. The van der Waals surface area contributed by atoms with Gasteiger partial charge in [0.05, 0.1) is 27.2 Å². The molecular formula is C21H44NO2+. The van der Waals surface area contributed by atoms with Gasteiger partial charge in [0.25, 0.3) is 0 Å². The van der Waals surface area contributed by atoms with Gasteiger partial charge in [-0.3, -0.25) is 0 Å². The number of likely N-dealkylation sites (N-methyl/N-ethyl adjacent to an activating group) is 1. The second-order valence-electron chi connectivity index (χ2n) is 7.93. The Bertz CT molecular complexity index is 290. The highest BCUT2D eigenvalue weighted by molar-refractivity contribution is 5.70. The Morgan fingerprint density at radius 1 is 0.708 bits per heavy atom. The van der Waals surface area contributed by atoms with Gasteiger partial charge in [0.1, 0.15) is 0 Å². The minimum atomic E-state index is -0.0548. The zero-order valence-electron chi connectivity index (χ0n) is 17.1. The average Bonchev–Trinajstić information content (AvgIpc) is 2.53. The van der Waals surface area contributed by atoms with Crippen molar-refractivity contribution in [3.05, 3.63) is 0 Å². The second kappa shape index (κ2) is 15.9. The van der Waals surface area contributed by atoms with E-state index in [-0.39, 0.29) is 5.97 Å². The number of quaternary nitrogens is 1. The molecule has 0 saturated heterocycles. The predicted molar refractivity (Wildman–Crippen MR) is 104 cm³/mol. The highest BCUT2D eigenvalue weighted by atomic mass is 16.5. The van der Waals surface area contributed by atoms with Crippen LogP contribution in [0.4, 0.5) is 0 Å². The first-order valence-electron chi connectivity index (χ1n) is 10.5. The fraction of sp³-hybridized carbons (Fsp3) is 0.952. The van der Waals surface area contributed by atoms with E-state index in [4.69, 9.17) is 4.74 Å². The maximum atomic E-state index is 11.7. The SMILES string of the molecule is CCCCCCCCCCCCCC[N+](C)(C)CC(=O)OCCC. The van der Waals surface area contributed by atoms with Crippen molar-refractivity contribution in [1.82, 2.24) is 0 Å². The number of carbonyl (C=O) groups is 1. The highest BCUT2D eigenvalue weighted by Gasteiger charge is 2.20. The largest absolute Gasteiger partial charge is 0.462 e. The Labute approximate surface area is 151 Å². The third-order valence-corrected chi connectivity index (χ3v) is 4.64. The molecule has 3 nitrogen and oxygen atoms in total. The molecule has 0 N–H and O–H groups in total. The summed E-state index contributed by atoms with van der Waals surface area (Å²) in [4.78, 5) is 11.7. The van der Waals surface area contributed by atoms with Crippen molar-refractivity contribution >= 4 is 5.97 Å². The number of unbranched alkanes of at least 4 members (excludes halogenated alkanes) is 11. The maximum Gasteiger partial charge on any atom is 0.361 e. The Morgan fingerprint density at radius 2 is 1.17 bits per heavy atom. The molecule has 0 rings (SSSR count). The summed E-state index contributed by atoms with van der Waals surface area (Å²) in [7, 11) is 4.26. The van der Waals surface area contributed by atoms with E-state index in [9.17, 15) is 4.79 Å². The van der Waals surface area contributed by atoms with Crippen molar-refractivity contribution in [3.63, 3.8) is 0 Å². The third kappa shape index (κ3) is 16.3. The molecule has 0 aliphatic carbocycles. The summed E-state index contributed by atoms with van der Waals surface area (Å²) in [5.41, 5.74) is 0. The summed E-state index contributed by atoms with van der Waals surface area (Å²) in [5.74, 6) is -0.0548. The van der Waals surface area contributed by atoms with E-state index in [1.807, 2.05) is 6.92 Å². The van der Waals surface area contributed by atoms with Crippen LogP contribution in [0.15, 0.2) is 0 Å². The summed E-state index contributed by atoms with van der Waals surface area (Å²) >= 11 is 0. The zero-order valence-corrected chi connectivity index (χ0v) is 17.1. The molecule has 24 heavy (non-hydrogen) atoms. The Balaban J connectivity index is 3.40. The Hall–Kier alpha value is -0.570. The first-order valence-corrected chi connectivity index (χ1v) is 10.5. The predicted octanol–water partition coefficient (Wildman–Crippen LogP) is 5.72. The highest BCUT2D eigenvalue weighted by Crippen LogP contribution is 2.12. The summed E-state index contributed by atoms with van der Waals surface area (Å²) in [6, 6.07) is 0. The number of rotatable bonds is 17. The van der Waals surface area contributed by atoms with Gasteiger partial charge in [0, 0.05) is 0 Å². The molecule has 0 aromatic carbocycles. The molecule has 3 heteroatoms. The fourth-order valence-corrected chi connectivity index (χ4v) is 3.07. The van der Waals surface area contributed by atoms with Gasteiger partial charge < -0.3 is 9.22 Å².